The Balaban J connectivity index is 2.62. The Labute approximate surface area is 111 Å². The average Bonchev–Trinajstić information content (AvgIpc) is 2.32. The van der Waals surface area contributed by atoms with Gasteiger partial charge in [-0.3, -0.25) is 0 Å². The summed E-state index contributed by atoms with van der Waals surface area (Å²) in [7, 11) is 1.22. The molecule has 0 aliphatic carbocycles. The molecule has 0 heterocycles. The standard InChI is InChI=1S/C12H13F5O3/c1-19-7-4-8(13)11(9(14)5-7)10(18)2-3-20-6-12(15,16)17/h4-5,10,18H,2-3,6H2,1H3. The van der Waals surface area contributed by atoms with Crippen molar-refractivity contribution in [3.8, 4) is 5.75 Å². The zero-order chi connectivity index (χ0) is 15.3. The molecule has 1 unspecified atom stereocenters. The normalized spacial score (nSPS) is 13.3. The van der Waals surface area contributed by atoms with Crippen LogP contribution in [0, 0.1) is 11.6 Å². The van der Waals surface area contributed by atoms with E-state index in [0.29, 0.717) is 0 Å². The van der Waals surface area contributed by atoms with Crippen LogP contribution in [0.25, 0.3) is 0 Å². The van der Waals surface area contributed by atoms with Crippen molar-refractivity contribution in [3.63, 3.8) is 0 Å². The molecule has 0 aliphatic rings. The average molecular weight is 300 g/mol. The van der Waals surface area contributed by atoms with Crippen LogP contribution in [0.2, 0.25) is 0 Å². The number of methoxy groups -OCH3 is 1. The van der Waals surface area contributed by atoms with Gasteiger partial charge < -0.3 is 14.6 Å². The lowest BCUT2D eigenvalue weighted by Crippen LogP contribution is -2.18. The van der Waals surface area contributed by atoms with Gasteiger partial charge in [0.15, 0.2) is 0 Å². The van der Waals surface area contributed by atoms with Gasteiger partial charge in [0.2, 0.25) is 0 Å². The van der Waals surface area contributed by atoms with Crippen LogP contribution >= 0.6 is 0 Å². The summed E-state index contributed by atoms with van der Waals surface area (Å²) in [6, 6.07) is 1.75. The van der Waals surface area contributed by atoms with Crippen LogP contribution in [0.5, 0.6) is 5.75 Å². The van der Waals surface area contributed by atoms with Gasteiger partial charge in [-0.05, 0) is 0 Å². The van der Waals surface area contributed by atoms with Crippen molar-refractivity contribution in [2.24, 2.45) is 0 Å². The molecule has 114 valence electrons. The van der Waals surface area contributed by atoms with Gasteiger partial charge in [0.1, 0.15) is 24.0 Å². The summed E-state index contributed by atoms with van der Waals surface area (Å²) in [5, 5.41) is 9.59. The number of benzene rings is 1. The molecular weight excluding hydrogens is 287 g/mol. The Morgan fingerprint density at radius 2 is 1.75 bits per heavy atom. The summed E-state index contributed by atoms with van der Waals surface area (Å²) >= 11 is 0. The molecule has 1 aromatic carbocycles. The molecule has 0 aliphatic heterocycles. The van der Waals surface area contributed by atoms with E-state index in [1.165, 1.54) is 7.11 Å². The zero-order valence-corrected chi connectivity index (χ0v) is 10.5. The first-order valence-electron chi connectivity index (χ1n) is 5.60. The highest BCUT2D eigenvalue weighted by atomic mass is 19.4. The maximum Gasteiger partial charge on any atom is 0.411 e. The van der Waals surface area contributed by atoms with Crippen molar-refractivity contribution < 1.29 is 36.5 Å². The first-order valence-corrected chi connectivity index (χ1v) is 5.60. The third kappa shape index (κ3) is 4.93. The van der Waals surface area contributed by atoms with E-state index in [4.69, 9.17) is 0 Å². The smallest absolute Gasteiger partial charge is 0.411 e. The predicted octanol–water partition coefficient (Wildman–Crippen LogP) is 2.98. The minimum Gasteiger partial charge on any atom is -0.497 e. The lowest BCUT2D eigenvalue weighted by atomic mass is 10.1. The zero-order valence-electron chi connectivity index (χ0n) is 10.5. The quantitative estimate of drug-likeness (QED) is 0.648. The number of halogens is 5. The van der Waals surface area contributed by atoms with Crippen LogP contribution in [-0.4, -0.2) is 31.6 Å². The highest BCUT2D eigenvalue weighted by Crippen LogP contribution is 2.27. The lowest BCUT2D eigenvalue weighted by molar-refractivity contribution is -0.175. The van der Waals surface area contributed by atoms with E-state index in [1.54, 1.807) is 0 Å². The first-order chi connectivity index (χ1) is 9.24. The molecule has 0 aromatic heterocycles. The fraction of sp³-hybridized carbons (Fsp3) is 0.500. The van der Waals surface area contributed by atoms with Crippen LogP contribution in [0.3, 0.4) is 0 Å². The highest BCUT2D eigenvalue weighted by molar-refractivity contribution is 5.31. The third-order valence-corrected chi connectivity index (χ3v) is 2.42. The largest absolute Gasteiger partial charge is 0.497 e. The van der Waals surface area contributed by atoms with Crippen molar-refractivity contribution in [2.45, 2.75) is 18.7 Å². The van der Waals surface area contributed by atoms with E-state index in [0.717, 1.165) is 12.1 Å². The Morgan fingerprint density at radius 3 is 2.20 bits per heavy atom. The molecule has 8 heteroatoms. The molecule has 0 bridgehead atoms. The second-order valence-corrected chi connectivity index (χ2v) is 3.98. The Hall–Kier alpha value is -1.41. The number of alkyl halides is 3. The predicted molar refractivity (Wildman–Crippen MR) is 59.4 cm³/mol. The van der Waals surface area contributed by atoms with Gasteiger partial charge in [-0.25, -0.2) is 8.78 Å². The van der Waals surface area contributed by atoms with E-state index in [2.05, 4.69) is 9.47 Å². The fourth-order valence-electron chi connectivity index (χ4n) is 1.52. The van der Waals surface area contributed by atoms with Crippen molar-refractivity contribution in [1.82, 2.24) is 0 Å². The minimum atomic E-state index is -4.48. The summed E-state index contributed by atoms with van der Waals surface area (Å²) in [4.78, 5) is 0. The molecule has 0 amide bonds. The molecule has 3 nitrogen and oxygen atoms in total. The molecular formula is C12H13F5O3. The fourth-order valence-corrected chi connectivity index (χ4v) is 1.52. The summed E-state index contributed by atoms with van der Waals surface area (Å²) in [5.74, 6) is -2.14. The van der Waals surface area contributed by atoms with E-state index in [1.807, 2.05) is 0 Å². The van der Waals surface area contributed by atoms with Gasteiger partial charge in [0.05, 0.1) is 18.8 Å². The summed E-state index contributed by atoms with van der Waals surface area (Å²) in [5.41, 5.74) is -0.624. The van der Waals surface area contributed by atoms with Crippen LogP contribution in [0.1, 0.15) is 18.1 Å². The van der Waals surface area contributed by atoms with Crippen molar-refractivity contribution in [3.05, 3.63) is 29.3 Å². The molecule has 1 aromatic rings. The van der Waals surface area contributed by atoms with Gasteiger partial charge in [-0.1, -0.05) is 0 Å². The van der Waals surface area contributed by atoms with Crippen molar-refractivity contribution in [1.29, 1.82) is 0 Å². The molecule has 20 heavy (non-hydrogen) atoms. The van der Waals surface area contributed by atoms with E-state index in [-0.39, 0.29) is 12.2 Å². The number of hydrogen-bond donors (Lipinski definition) is 1. The molecule has 1 N–H and O–H groups in total. The summed E-state index contributed by atoms with van der Waals surface area (Å²) < 4.78 is 71.4. The molecule has 0 spiro atoms. The summed E-state index contributed by atoms with van der Waals surface area (Å²) in [6.07, 6.45) is -6.45. The third-order valence-electron chi connectivity index (χ3n) is 2.42. The molecule has 0 fully saturated rings. The Morgan fingerprint density at radius 1 is 1.20 bits per heavy atom. The highest BCUT2D eigenvalue weighted by Gasteiger charge is 2.27. The van der Waals surface area contributed by atoms with Crippen LogP contribution in [0.15, 0.2) is 12.1 Å². The van der Waals surface area contributed by atoms with E-state index < -0.39 is 42.7 Å². The van der Waals surface area contributed by atoms with Gasteiger partial charge in [0, 0.05) is 25.2 Å². The topological polar surface area (TPSA) is 38.7 Å². The number of hydrogen-bond acceptors (Lipinski definition) is 3. The molecule has 1 rings (SSSR count). The van der Waals surface area contributed by atoms with Gasteiger partial charge in [-0.15, -0.1) is 0 Å². The maximum atomic E-state index is 13.5. The van der Waals surface area contributed by atoms with Gasteiger partial charge in [0.25, 0.3) is 0 Å². The Kier molecular flexibility index (Phi) is 5.70. The SMILES string of the molecule is COc1cc(F)c(C(O)CCOCC(F)(F)F)c(F)c1. The Bertz CT molecular complexity index is 424. The minimum absolute atomic E-state index is 0.0655. The van der Waals surface area contributed by atoms with E-state index >= 15 is 0 Å². The monoisotopic (exact) mass is 300 g/mol. The van der Waals surface area contributed by atoms with Crippen LogP contribution < -0.4 is 4.74 Å². The molecule has 1 atom stereocenters. The lowest BCUT2D eigenvalue weighted by Gasteiger charge is -2.14. The van der Waals surface area contributed by atoms with Crippen LogP contribution in [-0.2, 0) is 4.74 Å². The first kappa shape index (κ1) is 16.6. The second kappa shape index (κ2) is 6.85. The van der Waals surface area contributed by atoms with Crippen molar-refractivity contribution >= 4 is 0 Å². The molecule has 0 saturated carbocycles. The van der Waals surface area contributed by atoms with Crippen LogP contribution in [0.4, 0.5) is 22.0 Å². The maximum absolute atomic E-state index is 13.5. The van der Waals surface area contributed by atoms with E-state index in [9.17, 15) is 27.1 Å². The van der Waals surface area contributed by atoms with Gasteiger partial charge >= 0.3 is 6.18 Å². The number of aliphatic hydroxyl groups is 1. The molecule has 0 radical (unpaired) electrons. The van der Waals surface area contributed by atoms with Crippen molar-refractivity contribution in [2.75, 3.05) is 20.3 Å². The summed E-state index contributed by atoms with van der Waals surface area (Å²) in [6.45, 7) is -1.96. The van der Waals surface area contributed by atoms with Gasteiger partial charge in [-0.2, -0.15) is 13.2 Å². The molecule has 0 saturated heterocycles. The number of ether oxygens (including phenoxy) is 2. The second-order valence-electron chi connectivity index (χ2n) is 3.98. The number of aliphatic hydroxyl groups excluding tert-OH is 1. The number of rotatable bonds is 6.